The molecule has 0 aliphatic carbocycles. The van der Waals surface area contributed by atoms with Crippen LogP contribution in [0.5, 0.6) is 0 Å². The van der Waals surface area contributed by atoms with Gasteiger partial charge in [-0.3, -0.25) is 0 Å². The van der Waals surface area contributed by atoms with Crippen molar-refractivity contribution in [1.29, 1.82) is 0 Å². The zero-order valence-electron chi connectivity index (χ0n) is 10.3. The molecule has 0 aromatic heterocycles. The Morgan fingerprint density at radius 3 is 0.889 bits per heavy atom. The van der Waals surface area contributed by atoms with Crippen molar-refractivity contribution in [2.45, 2.75) is 26.4 Å². The highest BCUT2D eigenvalue weighted by molar-refractivity contribution is 5.23. The molecule has 18 heavy (non-hydrogen) atoms. The standard InChI is InChI=1S/C16H16O2/c1-2-14-4-3-13(1)9-17-11-15-5-7-16(8-6-15)12-18-10-14/h1-8H,9-12H2. The average Bonchev–Trinajstić information content (AvgIpc) is 2.43. The van der Waals surface area contributed by atoms with E-state index in [0.29, 0.717) is 26.4 Å². The SMILES string of the molecule is c1cc2ccc1COCc1ccc(cc1)COC2. The van der Waals surface area contributed by atoms with Gasteiger partial charge in [-0.1, -0.05) is 48.5 Å². The number of ether oxygens (including phenoxy) is 2. The predicted molar refractivity (Wildman–Crippen MR) is 69.9 cm³/mol. The summed E-state index contributed by atoms with van der Waals surface area (Å²) < 4.78 is 11.4. The molecule has 0 saturated heterocycles. The van der Waals surface area contributed by atoms with Crippen LogP contribution in [-0.4, -0.2) is 0 Å². The molecule has 0 amide bonds. The molecule has 2 heteroatoms. The summed E-state index contributed by atoms with van der Waals surface area (Å²) in [5, 5.41) is 0. The van der Waals surface area contributed by atoms with Crippen LogP contribution < -0.4 is 0 Å². The quantitative estimate of drug-likeness (QED) is 0.702. The van der Waals surface area contributed by atoms with Gasteiger partial charge in [-0.2, -0.15) is 0 Å². The Labute approximate surface area is 107 Å². The van der Waals surface area contributed by atoms with Crippen LogP contribution >= 0.6 is 0 Å². The zero-order chi connectivity index (χ0) is 12.2. The third-order valence-electron chi connectivity index (χ3n) is 3.12. The first kappa shape index (κ1) is 11.5. The summed E-state index contributed by atoms with van der Waals surface area (Å²) in [5.41, 5.74) is 4.81. The van der Waals surface area contributed by atoms with E-state index in [1.807, 2.05) is 0 Å². The van der Waals surface area contributed by atoms with Gasteiger partial charge >= 0.3 is 0 Å². The molecule has 0 atom stereocenters. The Morgan fingerprint density at radius 1 is 0.444 bits per heavy atom. The second-order valence-electron chi connectivity index (χ2n) is 4.62. The highest BCUT2D eigenvalue weighted by atomic mass is 16.5. The van der Waals surface area contributed by atoms with Crippen LogP contribution in [0, 0.1) is 0 Å². The third kappa shape index (κ3) is 2.78. The zero-order valence-corrected chi connectivity index (χ0v) is 10.3. The Balaban J connectivity index is 1.82. The van der Waals surface area contributed by atoms with Crippen LogP contribution in [-0.2, 0) is 35.9 Å². The van der Waals surface area contributed by atoms with Gasteiger partial charge in [0.1, 0.15) is 0 Å². The molecule has 0 unspecified atom stereocenters. The first-order valence-corrected chi connectivity index (χ1v) is 6.21. The first-order chi connectivity index (χ1) is 8.90. The smallest absolute Gasteiger partial charge is 0.0721 e. The van der Waals surface area contributed by atoms with Crippen molar-refractivity contribution < 1.29 is 9.47 Å². The van der Waals surface area contributed by atoms with E-state index in [1.165, 1.54) is 22.3 Å². The van der Waals surface area contributed by atoms with E-state index >= 15 is 0 Å². The minimum atomic E-state index is 0.656. The minimum absolute atomic E-state index is 0.656. The second kappa shape index (κ2) is 5.34. The van der Waals surface area contributed by atoms with Crippen molar-refractivity contribution in [3.8, 4) is 0 Å². The maximum atomic E-state index is 5.71. The minimum Gasteiger partial charge on any atom is -0.372 e. The molecule has 4 aliphatic heterocycles. The van der Waals surface area contributed by atoms with Crippen LogP contribution in [0.15, 0.2) is 48.5 Å². The molecule has 0 N–H and O–H groups in total. The van der Waals surface area contributed by atoms with Crippen molar-refractivity contribution in [2.24, 2.45) is 0 Å². The van der Waals surface area contributed by atoms with Crippen LogP contribution in [0.25, 0.3) is 0 Å². The van der Waals surface area contributed by atoms with Gasteiger partial charge in [0.05, 0.1) is 26.4 Å². The Morgan fingerprint density at radius 2 is 0.667 bits per heavy atom. The van der Waals surface area contributed by atoms with Crippen molar-refractivity contribution in [3.63, 3.8) is 0 Å². The lowest BCUT2D eigenvalue weighted by atomic mass is 10.1. The van der Waals surface area contributed by atoms with E-state index in [9.17, 15) is 0 Å². The van der Waals surface area contributed by atoms with Crippen molar-refractivity contribution in [1.82, 2.24) is 0 Å². The molecule has 4 heterocycles. The lowest BCUT2D eigenvalue weighted by Crippen LogP contribution is -1.99. The van der Waals surface area contributed by atoms with Crippen molar-refractivity contribution in [2.75, 3.05) is 0 Å². The second-order valence-corrected chi connectivity index (χ2v) is 4.62. The number of hydrogen-bond acceptors (Lipinski definition) is 2. The summed E-state index contributed by atoms with van der Waals surface area (Å²) in [5.74, 6) is 0. The van der Waals surface area contributed by atoms with Gasteiger partial charge < -0.3 is 9.47 Å². The molecule has 2 aromatic rings. The van der Waals surface area contributed by atoms with Crippen LogP contribution in [0.3, 0.4) is 0 Å². The van der Waals surface area contributed by atoms with E-state index in [1.54, 1.807) is 0 Å². The molecule has 0 saturated carbocycles. The van der Waals surface area contributed by atoms with E-state index in [2.05, 4.69) is 48.5 Å². The normalized spacial score (nSPS) is 15.6. The highest BCUT2D eigenvalue weighted by Crippen LogP contribution is 2.13. The number of hydrogen-bond donors (Lipinski definition) is 0. The summed E-state index contributed by atoms with van der Waals surface area (Å²) in [6.07, 6.45) is 0. The van der Waals surface area contributed by atoms with E-state index in [4.69, 9.17) is 9.47 Å². The summed E-state index contributed by atoms with van der Waals surface area (Å²) in [4.78, 5) is 0. The molecular weight excluding hydrogens is 224 g/mol. The Kier molecular flexibility index (Phi) is 3.40. The number of rotatable bonds is 0. The van der Waals surface area contributed by atoms with Crippen LogP contribution in [0.4, 0.5) is 0 Å². The largest absolute Gasteiger partial charge is 0.372 e. The topological polar surface area (TPSA) is 18.5 Å². The van der Waals surface area contributed by atoms with Crippen LogP contribution in [0.1, 0.15) is 22.3 Å². The fraction of sp³-hybridized carbons (Fsp3) is 0.250. The Hall–Kier alpha value is -1.64. The van der Waals surface area contributed by atoms with Gasteiger partial charge in [0.15, 0.2) is 0 Å². The predicted octanol–water partition coefficient (Wildman–Crippen LogP) is 3.43. The van der Waals surface area contributed by atoms with Gasteiger partial charge in [-0.15, -0.1) is 0 Å². The molecule has 4 bridgehead atoms. The maximum absolute atomic E-state index is 5.71. The first-order valence-electron chi connectivity index (χ1n) is 6.21. The summed E-state index contributed by atoms with van der Waals surface area (Å²) in [6, 6.07) is 16.8. The maximum Gasteiger partial charge on any atom is 0.0721 e. The molecule has 2 aromatic carbocycles. The fourth-order valence-corrected chi connectivity index (χ4v) is 2.04. The van der Waals surface area contributed by atoms with Crippen LogP contribution in [0.2, 0.25) is 0 Å². The monoisotopic (exact) mass is 240 g/mol. The Bertz CT molecular complexity index is 404. The summed E-state index contributed by atoms with van der Waals surface area (Å²) >= 11 is 0. The van der Waals surface area contributed by atoms with E-state index in [0.717, 1.165) is 0 Å². The van der Waals surface area contributed by atoms with Gasteiger partial charge in [-0.05, 0) is 22.3 Å². The fourth-order valence-electron chi connectivity index (χ4n) is 2.04. The summed E-state index contributed by atoms with van der Waals surface area (Å²) in [7, 11) is 0. The molecule has 0 spiro atoms. The van der Waals surface area contributed by atoms with E-state index < -0.39 is 0 Å². The molecule has 4 aliphatic rings. The molecule has 0 radical (unpaired) electrons. The number of benzene rings is 2. The molecule has 2 nitrogen and oxygen atoms in total. The van der Waals surface area contributed by atoms with Crippen molar-refractivity contribution >= 4 is 0 Å². The lowest BCUT2D eigenvalue weighted by Gasteiger charge is -2.10. The average molecular weight is 240 g/mol. The molecule has 0 fully saturated rings. The third-order valence-corrected chi connectivity index (χ3v) is 3.12. The van der Waals surface area contributed by atoms with Gasteiger partial charge in [0.25, 0.3) is 0 Å². The van der Waals surface area contributed by atoms with E-state index in [-0.39, 0.29) is 0 Å². The van der Waals surface area contributed by atoms with Gasteiger partial charge in [0.2, 0.25) is 0 Å². The molecule has 6 rings (SSSR count). The molecule has 92 valence electrons. The van der Waals surface area contributed by atoms with Gasteiger partial charge in [-0.25, -0.2) is 0 Å². The lowest BCUT2D eigenvalue weighted by molar-refractivity contribution is 0.103. The molecular formula is C16H16O2. The summed E-state index contributed by atoms with van der Waals surface area (Å²) in [6.45, 7) is 2.62. The van der Waals surface area contributed by atoms with Gasteiger partial charge in [0, 0.05) is 0 Å². The van der Waals surface area contributed by atoms with Crippen molar-refractivity contribution in [3.05, 3.63) is 70.8 Å². The highest BCUT2D eigenvalue weighted by Gasteiger charge is 2.01.